The standard InChI is InChI=1S/C22H29NO3/c1-4-6-7-13-23-22(24)18-11-12-21(25-5-2)19(15-18)16-26-20-10-8-9-17(3)14-20/h8-12,14-15H,4-7,13,16H2,1-3H3,(H,23,24). The number of rotatable bonds is 10. The molecule has 4 nitrogen and oxygen atoms in total. The molecule has 0 aliphatic rings. The predicted octanol–water partition coefficient (Wildman–Crippen LogP) is 4.89. The molecule has 2 aromatic rings. The Morgan fingerprint density at radius 3 is 2.62 bits per heavy atom. The average molecular weight is 355 g/mol. The van der Waals surface area contributed by atoms with Gasteiger partial charge in [0.15, 0.2) is 0 Å². The Morgan fingerprint density at radius 1 is 1.04 bits per heavy atom. The maximum atomic E-state index is 12.4. The topological polar surface area (TPSA) is 47.6 Å². The zero-order valence-corrected chi connectivity index (χ0v) is 16.0. The largest absolute Gasteiger partial charge is 0.493 e. The Bertz CT molecular complexity index is 712. The van der Waals surface area contributed by atoms with Crippen molar-refractivity contribution >= 4 is 5.91 Å². The van der Waals surface area contributed by atoms with E-state index in [9.17, 15) is 4.79 Å². The van der Waals surface area contributed by atoms with Crippen molar-refractivity contribution in [1.29, 1.82) is 0 Å². The molecule has 0 atom stereocenters. The molecule has 0 aliphatic carbocycles. The minimum absolute atomic E-state index is 0.0547. The van der Waals surface area contributed by atoms with E-state index in [1.165, 1.54) is 0 Å². The fraction of sp³-hybridized carbons (Fsp3) is 0.409. The van der Waals surface area contributed by atoms with Crippen molar-refractivity contribution in [2.24, 2.45) is 0 Å². The van der Waals surface area contributed by atoms with Crippen LogP contribution in [0.4, 0.5) is 0 Å². The number of ether oxygens (including phenoxy) is 2. The molecule has 0 spiro atoms. The van der Waals surface area contributed by atoms with Crippen molar-refractivity contribution in [3.63, 3.8) is 0 Å². The molecule has 0 saturated carbocycles. The van der Waals surface area contributed by atoms with E-state index in [-0.39, 0.29) is 5.91 Å². The second-order valence-electron chi connectivity index (χ2n) is 6.32. The van der Waals surface area contributed by atoms with E-state index < -0.39 is 0 Å². The molecule has 0 radical (unpaired) electrons. The number of hydrogen-bond acceptors (Lipinski definition) is 3. The summed E-state index contributed by atoms with van der Waals surface area (Å²) in [6, 6.07) is 13.4. The molecule has 0 aliphatic heterocycles. The molecule has 2 aromatic carbocycles. The fourth-order valence-corrected chi connectivity index (χ4v) is 2.67. The third-order valence-corrected chi connectivity index (χ3v) is 4.07. The quantitative estimate of drug-likeness (QED) is 0.617. The van der Waals surface area contributed by atoms with Crippen LogP contribution in [0.25, 0.3) is 0 Å². The summed E-state index contributed by atoms with van der Waals surface area (Å²) in [5.41, 5.74) is 2.65. The minimum atomic E-state index is -0.0547. The van der Waals surface area contributed by atoms with Gasteiger partial charge >= 0.3 is 0 Å². The summed E-state index contributed by atoms with van der Waals surface area (Å²) >= 11 is 0. The lowest BCUT2D eigenvalue weighted by Gasteiger charge is -2.14. The summed E-state index contributed by atoms with van der Waals surface area (Å²) in [4.78, 5) is 12.4. The monoisotopic (exact) mass is 355 g/mol. The third kappa shape index (κ3) is 6.10. The lowest BCUT2D eigenvalue weighted by Crippen LogP contribution is -2.24. The molecule has 26 heavy (non-hydrogen) atoms. The Morgan fingerprint density at radius 2 is 1.88 bits per heavy atom. The smallest absolute Gasteiger partial charge is 0.251 e. The van der Waals surface area contributed by atoms with Crippen LogP contribution in [0, 0.1) is 6.92 Å². The average Bonchev–Trinajstić information content (AvgIpc) is 2.64. The summed E-state index contributed by atoms with van der Waals surface area (Å²) in [6.45, 7) is 7.75. The van der Waals surface area contributed by atoms with Crippen LogP contribution in [0.1, 0.15) is 54.6 Å². The Hall–Kier alpha value is -2.49. The number of nitrogens with one attached hydrogen (secondary N) is 1. The summed E-state index contributed by atoms with van der Waals surface area (Å²) in [5.74, 6) is 1.51. The SMILES string of the molecule is CCCCCNC(=O)c1ccc(OCC)c(COc2cccc(C)c2)c1. The van der Waals surface area contributed by atoms with Gasteiger partial charge in [0.25, 0.3) is 5.91 Å². The van der Waals surface area contributed by atoms with Crippen LogP contribution in [0.3, 0.4) is 0 Å². The van der Waals surface area contributed by atoms with Gasteiger partial charge in [-0.05, 0) is 56.2 Å². The Balaban J connectivity index is 2.07. The van der Waals surface area contributed by atoms with Gasteiger partial charge in [0.1, 0.15) is 18.1 Å². The number of carbonyl (C=O) groups excluding carboxylic acids is 1. The fourth-order valence-electron chi connectivity index (χ4n) is 2.67. The summed E-state index contributed by atoms with van der Waals surface area (Å²) in [6.07, 6.45) is 3.26. The van der Waals surface area contributed by atoms with Crippen molar-refractivity contribution in [2.45, 2.75) is 46.6 Å². The van der Waals surface area contributed by atoms with Gasteiger partial charge in [0.2, 0.25) is 0 Å². The molecule has 140 valence electrons. The van der Waals surface area contributed by atoms with Crippen molar-refractivity contribution < 1.29 is 14.3 Å². The highest BCUT2D eigenvalue weighted by Gasteiger charge is 2.11. The molecule has 0 saturated heterocycles. The van der Waals surface area contributed by atoms with Crippen LogP contribution in [-0.2, 0) is 6.61 Å². The van der Waals surface area contributed by atoms with E-state index in [2.05, 4.69) is 12.2 Å². The second kappa shape index (κ2) is 10.5. The third-order valence-electron chi connectivity index (χ3n) is 4.07. The molecule has 0 aromatic heterocycles. The number of carbonyl (C=O) groups is 1. The number of hydrogen-bond donors (Lipinski definition) is 1. The van der Waals surface area contributed by atoms with Crippen LogP contribution in [-0.4, -0.2) is 19.1 Å². The van der Waals surface area contributed by atoms with Gasteiger partial charge in [-0.2, -0.15) is 0 Å². The first-order valence-electron chi connectivity index (χ1n) is 9.37. The molecular weight excluding hydrogens is 326 g/mol. The molecule has 0 bridgehead atoms. The van der Waals surface area contributed by atoms with E-state index in [1.807, 2.05) is 50.2 Å². The minimum Gasteiger partial charge on any atom is -0.493 e. The maximum Gasteiger partial charge on any atom is 0.251 e. The highest BCUT2D eigenvalue weighted by molar-refractivity contribution is 5.94. The lowest BCUT2D eigenvalue weighted by atomic mass is 10.1. The number of unbranched alkanes of at least 4 members (excludes halogenated alkanes) is 2. The van der Waals surface area contributed by atoms with Gasteiger partial charge in [-0.3, -0.25) is 4.79 Å². The number of aryl methyl sites for hydroxylation is 1. The molecule has 1 N–H and O–H groups in total. The molecule has 0 unspecified atom stereocenters. The highest BCUT2D eigenvalue weighted by Crippen LogP contribution is 2.23. The van der Waals surface area contributed by atoms with Crippen molar-refractivity contribution in [3.05, 3.63) is 59.2 Å². The molecular formula is C22H29NO3. The van der Waals surface area contributed by atoms with E-state index in [1.54, 1.807) is 6.07 Å². The number of benzene rings is 2. The van der Waals surface area contributed by atoms with Crippen LogP contribution >= 0.6 is 0 Å². The summed E-state index contributed by atoms with van der Waals surface area (Å²) in [5, 5.41) is 2.97. The second-order valence-corrected chi connectivity index (χ2v) is 6.32. The van der Waals surface area contributed by atoms with Crippen LogP contribution in [0.15, 0.2) is 42.5 Å². The van der Waals surface area contributed by atoms with E-state index in [0.29, 0.717) is 25.3 Å². The van der Waals surface area contributed by atoms with Crippen LogP contribution < -0.4 is 14.8 Å². The first-order chi connectivity index (χ1) is 12.6. The first-order valence-corrected chi connectivity index (χ1v) is 9.37. The van der Waals surface area contributed by atoms with Crippen molar-refractivity contribution in [1.82, 2.24) is 5.32 Å². The normalized spacial score (nSPS) is 10.4. The molecule has 4 heteroatoms. The summed E-state index contributed by atoms with van der Waals surface area (Å²) < 4.78 is 11.6. The molecule has 2 rings (SSSR count). The molecule has 0 heterocycles. The van der Waals surface area contributed by atoms with Gasteiger partial charge in [-0.1, -0.05) is 31.9 Å². The molecule has 0 fully saturated rings. The zero-order chi connectivity index (χ0) is 18.8. The zero-order valence-electron chi connectivity index (χ0n) is 16.0. The van der Waals surface area contributed by atoms with Gasteiger partial charge in [-0.15, -0.1) is 0 Å². The van der Waals surface area contributed by atoms with Gasteiger partial charge < -0.3 is 14.8 Å². The van der Waals surface area contributed by atoms with E-state index in [0.717, 1.165) is 41.9 Å². The van der Waals surface area contributed by atoms with Crippen LogP contribution in [0.2, 0.25) is 0 Å². The lowest BCUT2D eigenvalue weighted by molar-refractivity contribution is 0.0952. The Kier molecular flexibility index (Phi) is 8.00. The van der Waals surface area contributed by atoms with E-state index in [4.69, 9.17) is 9.47 Å². The first kappa shape index (κ1) is 19.8. The maximum absolute atomic E-state index is 12.4. The molecule has 1 amide bonds. The number of amides is 1. The van der Waals surface area contributed by atoms with Gasteiger partial charge in [-0.25, -0.2) is 0 Å². The van der Waals surface area contributed by atoms with Crippen molar-refractivity contribution in [2.75, 3.05) is 13.2 Å². The van der Waals surface area contributed by atoms with Crippen LogP contribution in [0.5, 0.6) is 11.5 Å². The van der Waals surface area contributed by atoms with E-state index >= 15 is 0 Å². The highest BCUT2D eigenvalue weighted by atomic mass is 16.5. The predicted molar refractivity (Wildman–Crippen MR) is 105 cm³/mol. The Labute approximate surface area is 156 Å². The van der Waals surface area contributed by atoms with Gasteiger partial charge in [0, 0.05) is 17.7 Å². The van der Waals surface area contributed by atoms with Gasteiger partial charge in [0.05, 0.1) is 6.61 Å². The van der Waals surface area contributed by atoms with Crippen molar-refractivity contribution in [3.8, 4) is 11.5 Å². The summed E-state index contributed by atoms with van der Waals surface area (Å²) in [7, 11) is 0.